The van der Waals surface area contributed by atoms with Crippen molar-refractivity contribution in [2.75, 3.05) is 0 Å². The fourth-order valence-electron chi connectivity index (χ4n) is 1.81. The predicted octanol–water partition coefficient (Wildman–Crippen LogP) is 1.87. The molecule has 4 nitrogen and oxygen atoms in total. The standard InChI is InChI=1S/C13H14N4/c14-7-11-6-12(10-2-1-5-15-8-10)17-13(16-11)9-3-4-9/h1-2,5-6,8-9H,3-4,7,14H2. The molecule has 0 spiro atoms. The molecule has 1 aliphatic rings. The summed E-state index contributed by atoms with van der Waals surface area (Å²) in [5.74, 6) is 1.48. The maximum atomic E-state index is 5.68. The number of hydrogen-bond donors (Lipinski definition) is 1. The van der Waals surface area contributed by atoms with E-state index in [1.54, 1.807) is 6.20 Å². The van der Waals surface area contributed by atoms with Crippen LogP contribution in [-0.2, 0) is 6.54 Å². The lowest BCUT2D eigenvalue weighted by Crippen LogP contribution is -2.05. The molecule has 86 valence electrons. The average molecular weight is 226 g/mol. The van der Waals surface area contributed by atoms with E-state index in [1.807, 2.05) is 24.4 Å². The normalized spacial score (nSPS) is 14.9. The van der Waals surface area contributed by atoms with Crippen LogP contribution in [0.1, 0.15) is 30.3 Å². The number of rotatable bonds is 3. The summed E-state index contributed by atoms with van der Waals surface area (Å²) >= 11 is 0. The Labute approximate surface area is 99.9 Å². The highest BCUT2D eigenvalue weighted by Gasteiger charge is 2.27. The first-order chi connectivity index (χ1) is 8.36. The van der Waals surface area contributed by atoms with Gasteiger partial charge in [0.25, 0.3) is 0 Å². The second-order valence-electron chi connectivity index (χ2n) is 4.32. The van der Waals surface area contributed by atoms with Crippen LogP contribution in [0.15, 0.2) is 30.6 Å². The lowest BCUT2D eigenvalue weighted by atomic mass is 10.2. The van der Waals surface area contributed by atoms with Crippen LogP contribution in [-0.4, -0.2) is 15.0 Å². The van der Waals surface area contributed by atoms with E-state index in [4.69, 9.17) is 5.73 Å². The fraction of sp³-hybridized carbons (Fsp3) is 0.308. The van der Waals surface area contributed by atoms with Crippen molar-refractivity contribution in [2.45, 2.75) is 25.3 Å². The maximum Gasteiger partial charge on any atom is 0.132 e. The first-order valence-electron chi connectivity index (χ1n) is 5.85. The van der Waals surface area contributed by atoms with Crippen molar-refractivity contribution in [1.29, 1.82) is 0 Å². The van der Waals surface area contributed by atoms with Crippen LogP contribution in [0.5, 0.6) is 0 Å². The molecule has 17 heavy (non-hydrogen) atoms. The van der Waals surface area contributed by atoms with Gasteiger partial charge in [-0.3, -0.25) is 4.98 Å². The van der Waals surface area contributed by atoms with Crippen molar-refractivity contribution in [2.24, 2.45) is 5.73 Å². The number of nitrogens with zero attached hydrogens (tertiary/aromatic N) is 3. The van der Waals surface area contributed by atoms with Crippen LogP contribution in [0.2, 0.25) is 0 Å². The Balaban J connectivity index is 2.06. The van der Waals surface area contributed by atoms with Gasteiger partial charge in [0.15, 0.2) is 0 Å². The van der Waals surface area contributed by atoms with Crippen LogP contribution in [0.4, 0.5) is 0 Å². The SMILES string of the molecule is NCc1cc(-c2cccnc2)nc(C2CC2)n1. The summed E-state index contributed by atoms with van der Waals surface area (Å²) in [4.78, 5) is 13.2. The topological polar surface area (TPSA) is 64.7 Å². The zero-order valence-electron chi connectivity index (χ0n) is 9.50. The Hall–Kier alpha value is -1.81. The highest BCUT2D eigenvalue weighted by molar-refractivity contribution is 5.58. The molecule has 0 radical (unpaired) electrons. The second-order valence-corrected chi connectivity index (χ2v) is 4.32. The Morgan fingerprint density at radius 3 is 2.82 bits per heavy atom. The van der Waals surface area contributed by atoms with Crippen molar-refractivity contribution in [3.63, 3.8) is 0 Å². The highest BCUT2D eigenvalue weighted by Crippen LogP contribution is 2.38. The van der Waals surface area contributed by atoms with Gasteiger partial charge in [0.1, 0.15) is 5.82 Å². The van der Waals surface area contributed by atoms with Crippen LogP contribution in [0.25, 0.3) is 11.3 Å². The van der Waals surface area contributed by atoms with E-state index in [9.17, 15) is 0 Å². The van der Waals surface area contributed by atoms with E-state index < -0.39 is 0 Å². The van der Waals surface area contributed by atoms with Crippen LogP contribution in [0, 0.1) is 0 Å². The van der Waals surface area contributed by atoms with E-state index in [0.717, 1.165) is 22.8 Å². The van der Waals surface area contributed by atoms with E-state index in [0.29, 0.717) is 12.5 Å². The summed E-state index contributed by atoms with van der Waals surface area (Å²) in [5.41, 5.74) is 8.53. The van der Waals surface area contributed by atoms with Crippen molar-refractivity contribution in [3.8, 4) is 11.3 Å². The van der Waals surface area contributed by atoms with E-state index in [2.05, 4.69) is 15.0 Å². The third-order valence-corrected chi connectivity index (χ3v) is 2.91. The van der Waals surface area contributed by atoms with Gasteiger partial charge in [-0.15, -0.1) is 0 Å². The Morgan fingerprint density at radius 2 is 2.18 bits per heavy atom. The summed E-state index contributed by atoms with van der Waals surface area (Å²) in [6.07, 6.45) is 5.97. The Bertz CT molecular complexity index is 520. The molecule has 2 N–H and O–H groups in total. The molecule has 0 amide bonds. The van der Waals surface area contributed by atoms with Crippen LogP contribution in [0.3, 0.4) is 0 Å². The van der Waals surface area contributed by atoms with Crippen LogP contribution < -0.4 is 5.73 Å². The van der Waals surface area contributed by atoms with Gasteiger partial charge in [-0.25, -0.2) is 9.97 Å². The molecule has 1 saturated carbocycles. The summed E-state index contributed by atoms with van der Waals surface area (Å²) in [7, 11) is 0. The summed E-state index contributed by atoms with van der Waals surface area (Å²) in [6.45, 7) is 0.454. The fourth-order valence-corrected chi connectivity index (χ4v) is 1.81. The zero-order valence-corrected chi connectivity index (χ0v) is 9.50. The maximum absolute atomic E-state index is 5.68. The van der Waals surface area contributed by atoms with Crippen molar-refractivity contribution < 1.29 is 0 Å². The van der Waals surface area contributed by atoms with Gasteiger partial charge in [-0.2, -0.15) is 0 Å². The van der Waals surface area contributed by atoms with Crippen LogP contribution >= 0.6 is 0 Å². The molecule has 0 unspecified atom stereocenters. The van der Waals surface area contributed by atoms with Crippen molar-refractivity contribution >= 4 is 0 Å². The van der Waals surface area contributed by atoms with Crippen molar-refractivity contribution in [3.05, 3.63) is 42.1 Å². The van der Waals surface area contributed by atoms with E-state index >= 15 is 0 Å². The largest absolute Gasteiger partial charge is 0.325 e. The molecule has 0 atom stereocenters. The molecule has 0 saturated heterocycles. The number of aromatic nitrogens is 3. The van der Waals surface area contributed by atoms with Gasteiger partial charge in [0, 0.05) is 30.4 Å². The minimum atomic E-state index is 0.454. The van der Waals surface area contributed by atoms with Gasteiger partial charge in [0.2, 0.25) is 0 Å². The first kappa shape index (κ1) is 10.4. The molecular weight excluding hydrogens is 212 g/mol. The van der Waals surface area contributed by atoms with Gasteiger partial charge in [0.05, 0.1) is 11.4 Å². The molecule has 1 aliphatic carbocycles. The molecule has 0 bridgehead atoms. The minimum absolute atomic E-state index is 0.454. The minimum Gasteiger partial charge on any atom is -0.325 e. The third kappa shape index (κ3) is 2.17. The monoisotopic (exact) mass is 226 g/mol. The number of nitrogens with two attached hydrogens (primary N) is 1. The molecule has 0 aromatic carbocycles. The predicted molar refractivity (Wildman–Crippen MR) is 65.1 cm³/mol. The van der Waals surface area contributed by atoms with Gasteiger partial charge >= 0.3 is 0 Å². The zero-order chi connectivity index (χ0) is 11.7. The number of hydrogen-bond acceptors (Lipinski definition) is 4. The molecule has 0 aliphatic heterocycles. The van der Waals surface area contributed by atoms with E-state index in [-0.39, 0.29) is 0 Å². The Morgan fingerprint density at radius 1 is 1.29 bits per heavy atom. The van der Waals surface area contributed by atoms with Gasteiger partial charge in [-0.1, -0.05) is 0 Å². The lowest BCUT2D eigenvalue weighted by Gasteiger charge is -2.06. The molecule has 4 heteroatoms. The quantitative estimate of drug-likeness (QED) is 0.867. The summed E-state index contributed by atoms with van der Waals surface area (Å²) < 4.78 is 0. The van der Waals surface area contributed by atoms with Crippen molar-refractivity contribution in [1.82, 2.24) is 15.0 Å². The lowest BCUT2D eigenvalue weighted by molar-refractivity contribution is 0.870. The molecule has 2 aromatic heterocycles. The molecule has 3 rings (SSSR count). The molecule has 1 fully saturated rings. The molecule has 2 aromatic rings. The highest BCUT2D eigenvalue weighted by atomic mass is 14.9. The number of pyridine rings is 1. The third-order valence-electron chi connectivity index (χ3n) is 2.91. The molecule has 2 heterocycles. The van der Waals surface area contributed by atoms with Gasteiger partial charge in [-0.05, 0) is 31.0 Å². The summed E-state index contributed by atoms with van der Waals surface area (Å²) in [5, 5.41) is 0. The Kier molecular flexibility index (Phi) is 2.57. The first-order valence-corrected chi connectivity index (χ1v) is 5.85. The van der Waals surface area contributed by atoms with Gasteiger partial charge < -0.3 is 5.73 Å². The average Bonchev–Trinajstić information content (AvgIpc) is 3.23. The van der Waals surface area contributed by atoms with E-state index in [1.165, 1.54) is 12.8 Å². The molecular formula is C13H14N4. The smallest absolute Gasteiger partial charge is 0.132 e. The second kappa shape index (κ2) is 4.22. The summed E-state index contributed by atoms with van der Waals surface area (Å²) in [6, 6.07) is 5.87.